The fourth-order valence-corrected chi connectivity index (χ4v) is 3.75. The second-order valence-corrected chi connectivity index (χ2v) is 7.86. The standard InChI is InChI=1S/C22H30F3N7/c1-16-14-18(9-13-32(16)15-17-6-4-3-5-7-17)30-20(26-2)28-11-12-29-21-27-10-8-19(31-21)22(23,24)25/h3-8,10,16,18H,9,11-15H2,1-2H3,(H2,26,28,30)(H,27,29,31). The molecule has 7 nitrogen and oxygen atoms in total. The number of benzene rings is 1. The Morgan fingerprint density at radius 1 is 1.19 bits per heavy atom. The van der Waals surface area contributed by atoms with E-state index in [4.69, 9.17) is 0 Å². The first kappa shape index (κ1) is 23.8. The SMILES string of the molecule is CN=C(NCCNc1nccc(C(F)(F)F)n1)NC1CCN(Cc2ccccc2)C(C)C1. The van der Waals surface area contributed by atoms with Gasteiger partial charge in [0.15, 0.2) is 5.96 Å². The summed E-state index contributed by atoms with van der Waals surface area (Å²) in [5.41, 5.74) is 0.355. The van der Waals surface area contributed by atoms with E-state index in [1.165, 1.54) is 5.56 Å². The van der Waals surface area contributed by atoms with Gasteiger partial charge in [0.2, 0.25) is 5.95 Å². The summed E-state index contributed by atoms with van der Waals surface area (Å²) in [5.74, 6) is 0.620. The third-order valence-electron chi connectivity index (χ3n) is 5.45. The molecule has 0 aliphatic carbocycles. The smallest absolute Gasteiger partial charge is 0.355 e. The fraction of sp³-hybridized carbons (Fsp3) is 0.500. The van der Waals surface area contributed by atoms with Crippen LogP contribution in [0.4, 0.5) is 19.1 Å². The monoisotopic (exact) mass is 449 g/mol. The molecular formula is C22H30F3N7. The van der Waals surface area contributed by atoms with E-state index >= 15 is 0 Å². The molecule has 3 rings (SSSR count). The van der Waals surface area contributed by atoms with Crippen LogP contribution in [-0.4, -0.2) is 59.6 Å². The van der Waals surface area contributed by atoms with Crippen LogP contribution < -0.4 is 16.0 Å². The minimum atomic E-state index is -4.49. The van der Waals surface area contributed by atoms with Crippen molar-refractivity contribution in [2.75, 3.05) is 32.0 Å². The zero-order chi connectivity index (χ0) is 23.0. The molecule has 2 heterocycles. The Balaban J connectivity index is 1.40. The van der Waals surface area contributed by atoms with E-state index in [9.17, 15) is 13.2 Å². The van der Waals surface area contributed by atoms with Crippen molar-refractivity contribution in [2.24, 2.45) is 4.99 Å². The quantitative estimate of drug-likeness (QED) is 0.343. The van der Waals surface area contributed by atoms with E-state index < -0.39 is 11.9 Å². The van der Waals surface area contributed by atoms with Crippen molar-refractivity contribution in [3.63, 3.8) is 0 Å². The Bertz CT molecular complexity index is 873. The number of nitrogens with one attached hydrogen (secondary N) is 3. The number of aliphatic imine (C=N–C) groups is 1. The van der Waals surface area contributed by atoms with Crippen molar-refractivity contribution in [3.05, 3.63) is 53.9 Å². The predicted octanol–water partition coefficient (Wildman–Crippen LogP) is 3.13. The highest BCUT2D eigenvalue weighted by Gasteiger charge is 2.32. The summed E-state index contributed by atoms with van der Waals surface area (Å²) in [7, 11) is 1.70. The highest BCUT2D eigenvalue weighted by atomic mass is 19.4. The summed E-state index contributed by atoms with van der Waals surface area (Å²) >= 11 is 0. The van der Waals surface area contributed by atoms with Crippen LogP contribution in [0.25, 0.3) is 0 Å². The molecule has 10 heteroatoms. The lowest BCUT2D eigenvalue weighted by molar-refractivity contribution is -0.141. The van der Waals surface area contributed by atoms with Gasteiger partial charge in [0.25, 0.3) is 0 Å². The number of aromatic nitrogens is 2. The molecule has 1 saturated heterocycles. The molecule has 2 aromatic rings. The lowest BCUT2D eigenvalue weighted by Crippen LogP contribution is -2.51. The van der Waals surface area contributed by atoms with Crippen molar-refractivity contribution in [3.8, 4) is 0 Å². The van der Waals surface area contributed by atoms with Crippen LogP contribution in [0.1, 0.15) is 31.0 Å². The van der Waals surface area contributed by atoms with Crippen molar-refractivity contribution >= 4 is 11.9 Å². The van der Waals surface area contributed by atoms with Gasteiger partial charge in [-0.05, 0) is 31.4 Å². The number of hydrogen-bond acceptors (Lipinski definition) is 5. The fourth-order valence-electron chi connectivity index (χ4n) is 3.75. The summed E-state index contributed by atoms with van der Waals surface area (Å²) in [5, 5.41) is 9.44. The number of guanidine groups is 1. The number of alkyl halides is 3. The van der Waals surface area contributed by atoms with Gasteiger partial charge < -0.3 is 16.0 Å². The van der Waals surface area contributed by atoms with E-state index in [0.29, 0.717) is 31.1 Å². The molecule has 0 spiro atoms. The molecule has 174 valence electrons. The van der Waals surface area contributed by atoms with Gasteiger partial charge in [-0.1, -0.05) is 30.3 Å². The third-order valence-corrected chi connectivity index (χ3v) is 5.45. The number of halogens is 3. The van der Waals surface area contributed by atoms with Gasteiger partial charge in [-0.15, -0.1) is 0 Å². The molecule has 2 atom stereocenters. The van der Waals surface area contributed by atoms with Gasteiger partial charge in [0.05, 0.1) is 0 Å². The molecule has 1 aliphatic heterocycles. The van der Waals surface area contributed by atoms with Crippen molar-refractivity contribution in [2.45, 2.75) is 44.6 Å². The van der Waals surface area contributed by atoms with Crippen molar-refractivity contribution in [1.29, 1.82) is 0 Å². The molecule has 0 radical (unpaired) electrons. The Hall–Kier alpha value is -2.88. The maximum atomic E-state index is 12.7. The lowest BCUT2D eigenvalue weighted by Gasteiger charge is -2.38. The average Bonchev–Trinajstić information content (AvgIpc) is 2.78. The first-order valence-corrected chi connectivity index (χ1v) is 10.7. The first-order valence-electron chi connectivity index (χ1n) is 10.7. The highest BCUT2D eigenvalue weighted by Crippen LogP contribution is 2.27. The molecule has 2 unspecified atom stereocenters. The van der Waals surface area contributed by atoms with E-state index in [-0.39, 0.29) is 5.95 Å². The number of likely N-dealkylation sites (tertiary alicyclic amines) is 1. The van der Waals surface area contributed by atoms with Crippen LogP contribution >= 0.6 is 0 Å². The Morgan fingerprint density at radius 2 is 1.97 bits per heavy atom. The van der Waals surface area contributed by atoms with Crippen LogP contribution in [0.3, 0.4) is 0 Å². The summed E-state index contributed by atoms with van der Waals surface area (Å²) in [6.07, 6.45) is -1.38. The number of anilines is 1. The van der Waals surface area contributed by atoms with E-state index in [0.717, 1.165) is 38.2 Å². The minimum absolute atomic E-state index is 0.0517. The number of piperidine rings is 1. The van der Waals surface area contributed by atoms with E-state index in [1.807, 2.05) is 6.07 Å². The van der Waals surface area contributed by atoms with Gasteiger partial charge in [0.1, 0.15) is 5.69 Å². The summed E-state index contributed by atoms with van der Waals surface area (Å²) in [6.45, 7) is 5.01. The molecule has 0 amide bonds. The van der Waals surface area contributed by atoms with Crippen molar-refractivity contribution < 1.29 is 13.2 Å². The van der Waals surface area contributed by atoms with E-state index in [1.54, 1.807) is 7.05 Å². The van der Waals surface area contributed by atoms with E-state index in [2.05, 4.69) is 67.0 Å². The van der Waals surface area contributed by atoms with Crippen LogP contribution in [0.2, 0.25) is 0 Å². The highest BCUT2D eigenvalue weighted by molar-refractivity contribution is 5.80. The molecule has 3 N–H and O–H groups in total. The minimum Gasteiger partial charge on any atom is -0.355 e. The molecule has 0 saturated carbocycles. The summed E-state index contributed by atoms with van der Waals surface area (Å²) < 4.78 is 38.2. The summed E-state index contributed by atoms with van der Waals surface area (Å²) in [4.78, 5) is 14.1. The zero-order valence-electron chi connectivity index (χ0n) is 18.4. The second-order valence-electron chi connectivity index (χ2n) is 7.86. The Labute approximate surface area is 186 Å². The molecule has 32 heavy (non-hydrogen) atoms. The second kappa shape index (κ2) is 11.1. The van der Waals surface area contributed by atoms with Crippen LogP contribution in [0.5, 0.6) is 0 Å². The van der Waals surface area contributed by atoms with Gasteiger partial charge >= 0.3 is 6.18 Å². The molecule has 1 aromatic heterocycles. The van der Waals surface area contributed by atoms with Crippen LogP contribution in [-0.2, 0) is 12.7 Å². The predicted molar refractivity (Wildman–Crippen MR) is 119 cm³/mol. The van der Waals surface area contributed by atoms with Crippen LogP contribution in [0.15, 0.2) is 47.6 Å². The average molecular weight is 450 g/mol. The number of rotatable bonds is 7. The lowest BCUT2D eigenvalue weighted by atomic mass is 9.97. The largest absolute Gasteiger partial charge is 0.433 e. The number of hydrogen-bond donors (Lipinski definition) is 3. The molecule has 1 aromatic carbocycles. The Morgan fingerprint density at radius 3 is 2.66 bits per heavy atom. The molecular weight excluding hydrogens is 419 g/mol. The third kappa shape index (κ3) is 7.08. The Kier molecular flexibility index (Phi) is 8.26. The number of nitrogens with zero attached hydrogens (tertiary/aromatic N) is 4. The van der Waals surface area contributed by atoms with Gasteiger partial charge in [0, 0.05) is 51.5 Å². The normalized spacial score (nSPS) is 20.1. The first-order chi connectivity index (χ1) is 15.3. The van der Waals surface area contributed by atoms with Gasteiger partial charge in [-0.3, -0.25) is 9.89 Å². The van der Waals surface area contributed by atoms with Crippen molar-refractivity contribution in [1.82, 2.24) is 25.5 Å². The van der Waals surface area contributed by atoms with Crippen LogP contribution in [0, 0.1) is 0 Å². The van der Waals surface area contributed by atoms with Gasteiger partial charge in [-0.25, -0.2) is 9.97 Å². The maximum absolute atomic E-state index is 12.7. The molecule has 1 aliphatic rings. The zero-order valence-corrected chi connectivity index (χ0v) is 18.4. The van der Waals surface area contributed by atoms with Gasteiger partial charge in [-0.2, -0.15) is 13.2 Å². The molecule has 1 fully saturated rings. The maximum Gasteiger partial charge on any atom is 0.433 e. The topological polar surface area (TPSA) is 77.5 Å². The summed E-state index contributed by atoms with van der Waals surface area (Å²) in [6, 6.07) is 12.1. The molecule has 0 bridgehead atoms.